The Kier molecular flexibility index (Phi) is 6.49. The highest BCUT2D eigenvalue weighted by Gasteiger charge is 2.54. The third-order valence-corrected chi connectivity index (χ3v) is 7.95. The zero-order valence-corrected chi connectivity index (χ0v) is 18.8. The zero-order valence-electron chi connectivity index (χ0n) is 16.3. The molecule has 12 heteroatoms. The summed E-state index contributed by atoms with van der Waals surface area (Å²) in [5.74, 6) is -0.613. The molecule has 0 radical (unpaired) electrons. The van der Waals surface area contributed by atoms with E-state index in [0.717, 1.165) is 9.35 Å². The number of carbonyl (C=O) groups is 3. The van der Waals surface area contributed by atoms with Crippen LogP contribution >= 0.6 is 34.9 Å². The van der Waals surface area contributed by atoms with Crippen LogP contribution in [0.3, 0.4) is 0 Å². The van der Waals surface area contributed by atoms with Crippen molar-refractivity contribution in [3.05, 3.63) is 46.6 Å². The Balaban J connectivity index is 1.38. The van der Waals surface area contributed by atoms with Gasteiger partial charge in [0.25, 0.3) is 11.8 Å². The fraction of sp³-hybridized carbons (Fsp3) is 0.316. The molecule has 0 saturated carbocycles. The van der Waals surface area contributed by atoms with Crippen LogP contribution in [0, 0.1) is 6.92 Å². The number of β-lactam (4-membered cyclic amide) rings is 1. The van der Waals surface area contributed by atoms with E-state index in [-0.39, 0.29) is 12.3 Å². The highest BCUT2D eigenvalue weighted by molar-refractivity contribution is 8.01. The number of hydrogen-bond donors (Lipinski definition) is 2. The lowest BCUT2D eigenvalue weighted by Crippen LogP contribution is -2.70. The number of aliphatic carboxylic acids is 1. The lowest BCUT2D eigenvalue weighted by atomic mass is 10.0. The standard InChI is InChI=1S/C19H18N4O5S3/c1-10-21-22-19(31-10)30-9-11-8-29-17-14(16(25)23(17)15(11)18(26)27)20-13(24)7-28-12-5-3-2-4-6-12/h2-6,14,17H,7-9H2,1H3,(H,20,24)(H,26,27). The van der Waals surface area contributed by atoms with E-state index in [9.17, 15) is 19.5 Å². The highest BCUT2D eigenvalue weighted by Crippen LogP contribution is 2.41. The van der Waals surface area contributed by atoms with E-state index in [1.165, 1.54) is 39.8 Å². The summed E-state index contributed by atoms with van der Waals surface area (Å²) in [5, 5.41) is 20.8. The van der Waals surface area contributed by atoms with E-state index < -0.39 is 29.2 Å². The number of amides is 2. The SMILES string of the molecule is Cc1nnc(SCC2=C(C(=O)O)N3C(=O)C(NC(=O)COc4ccccc4)C3SC2)s1. The van der Waals surface area contributed by atoms with Crippen LogP contribution in [0.4, 0.5) is 0 Å². The van der Waals surface area contributed by atoms with Crippen LogP contribution in [-0.4, -0.2) is 67.5 Å². The number of aryl methyl sites for hydroxylation is 1. The first-order chi connectivity index (χ1) is 14.9. The first-order valence-corrected chi connectivity index (χ1v) is 12.1. The minimum absolute atomic E-state index is 0.00600. The molecule has 1 fully saturated rings. The number of para-hydroxylation sites is 1. The number of nitrogens with zero attached hydrogens (tertiary/aromatic N) is 3. The molecular formula is C19H18N4O5S3. The minimum Gasteiger partial charge on any atom is -0.484 e. The van der Waals surface area contributed by atoms with Gasteiger partial charge in [0.1, 0.15) is 27.9 Å². The minimum atomic E-state index is -1.15. The number of thioether (sulfide) groups is 2. The number of fused-ring (bicyclic) bond motifs is 1. The fourth-order valence-electron chi connectivity index (χ4n) is 3.16. The number of aromatic nitrogens is 2. The first-order valence-electron chi connectivity index (χ1n) is 9.24. The van der Waals surface area contributed by atoms with E-state index in [1.54, 1.807) is 24.3 Å². The van der Waals surface area contributed by atoms with Gasteiger partial charge in [-0.05, 0) is 24.6 Å². The van der Waals surface area contributed by atoms with Gasteiger partial charge in [-0.1, -0.05) is 41.3 Å². The lowest BCUT2D eigenvalue weighted by molar-refractivity contribution is -0.150. The molecule has 2 amide bonds. The number of ether oxygens (including phenoxy) is 1. The van der Waals surface area contributed by atoms with Crippen molar-refractivity contribution in [3.63, 3.8) is 0 Å². The van der Waals surface area contributed by atoms with E-state index >= 15 is 0 Å². The summed E-state index contributed by atoms with van der Waals surface area (Å²) in [6, 6.07) is 8.11. The number of carbonyl (C=O) groups excluding carboxylic acids is 2. The Hall–Kier alpha value is -2.57. The molecule has 4 rings (SSSR count). The zero-order chi connectivity index (χ0) is 22.0. The predicted octanol–water partition coefficient (Wildman–Crippen LogP) is 1.76. The van der Waals surface area contributed by atoms with Crippen LogP contribution in [0.25, 0.3) is 0 Å². The van der Waals surface area contributed by atoms with Crippen LogP contribution in [0.5, 0.6) is 5.75 Å². The second-order valence-corrected chi connectivity index (χ2v) is 10.2. The summed E-state index contributed by atoms with van der Waals surface area (Å²) in [5.41, 5.74) is 0.644. The van der Waals surface area contributed by atoms with Crippen molar-refractivity contribution in [1.29, 1.82) is 0 Å². The van der Waals surface area contributed by atoms with Crippen molar-refractivity contribution in [2.45, 2.75) is 22.7 Å². The molecule has 0 bridgehead atoms. The molecule has 2 aliphatic rings. The van der Waals surface area contributed by atoms with Gasteiger partial charge in [0.2, 0.25) is 0 Å². The monoisotopic (exact) mass is 478 g/mol. The number of hydrogen-bond acceptors (Lipinski definition) is 9. The molecule has 2 aliphatic heterocycles. The van der Waals surface area contributed by atoms with E-state index in [2.05, 4.69) is 15.5 Å². The Morgan fingerprint density at radius 1 is 1.32 bits per heavy atom. The Morgan fingerprint density at radius 3 is 2.77 bits per heavy atom. The molecule has 2 aromatic rings. The normalized spacial score (nSPS) is 20.2. The van der Waals surface area contributed by atoms with Gasteiger partial charge in [0.15, 0.2) is 10.9 Å². The summed E-state index contributed by atoms with van der Waals surface area (Å²) in [6.07, 6.45) is 0. The second-order valence-electron chi connectivity index (χ2n) is 6.69. The van der Waals surface area contributed by atoms with Gasteiger partial charge in [-0.15, -0.1) is 22.0 Å². The smallest absolute Gasteiger partial charge is 0.352 e. The van der Waals surface area contributed by atoms with E-state index in [1.807, 2.05) is 13.0 Å². The summed E-state index contributed by atoms with van der Waals surface area (Å²) in [4.78, 5) is 38.1. The first kappa shape index (κ1) is 21.7. The van der Waals surface area contributed by atoms with Gasteiger partial charge in [0.05, 0.1) is 0 Å². The molecule has 9 nitrogen and oxygen atoms in total. The van der Waals surface area contributed by atoms with Crippen molar-refractivity contribution in [2.75, 3.05) is 18.1 Å². The van der Waals surface area contributed by atoms with Gasteiger partial charge in [-0.3, -0.25) is 14.5 Å². The summed E-state index contributed by atoms with van der Waals surface area (Å²) in [6.45, 7) is 1.62. The van der Waals surface area contributed by atoms with Gasteiger partial charge in [0, 0.05) is 11.5 Å². The van der Waals surface area contributed by atoms with Crippen LogP contribution < -0.4 is 10.1 Å². The maximum atomic E-state index is 12.7. The highest BCUT2D eigenvalue weighted by atomic mass is 32.2. The number of nitrogens with one attached hydrogen (secondary N) is 1. The Bertz CT molecular complexity index is 1040. The van der Waals surface area contributed by atoms with E-state index in [4.69, 9.17) is 4.74 Å². The average molecular weight is 479 g/mol. The van der Waals surface area contributed by atoms with Gasteiger partial charge in [-0.25, -0.2) is 4.79 Å². The van der Waals surface area contributed by atoms with Crippen molar-refractivity contribution < 1.29 is 24.2 Å². The van der Waals surface area contributed by atoms with Crippen LogP contribution in [0.2, 0.25) is 0 Å². The summed E-state index contributed by atoms with van der Waals surface area (Å²) >= 11 is 4.27. The summed E-state index contributed by atoms with van der Waals surface area (Å²) < 4.78 is 6.15. The van der Waals surface area contributed by atoms with Crippen LogP contribution in [0.15, 0.2) is 45.9 Å². The van der Waals surface area contributed by atoms with Gasteiger partial charge < -0.3 is 15.2 Å². The van der Waals surface area contributed by atoms with E-state index in [0.29, 0.717) is 22.8 Å². The predicted molar refractivity (Wildman–Crippen MR) is 117 cm³/mol. The molecule has 0 spiro atoms. The van der Waals surface area contributed by atoms with Gasteiger partial charge in [-0.2, -0.15) is 0 Å². The quantitative estimate of drug-likeness (QED) is 0.432. The Morgan fingerprint density at radius 2 is 2.10 bits per heavy atom. The molecule has 162 valence electrons. The maximum Gasteiger partial charge on any atom is 0.352 e. The van der Waals surface area contributed by atoms with Crippen molar-refractivity contribution in [3.8, 4) is 5.75 Å². The summed E-state index contributed by atoms with van der Waals surface area (Å²) in [7, 11) is 0. The van der Waals surface area contributed by atoms with Crippen LogP contribution in [0.1, 0.15) is 5.01 Å². The molecule has 0 aliphatic carbocycles. The molecular weight excluding hydrogens is 460 g/mol. The topological polar surface area (TPSA) is 122 Å². The number of benzene rings is 1. The fourth-order valence-corrected chi connectivity index (χ4v) is 6.46. The Labute approximate surface area is 190 Å². The molecule has 2 N–H and O–H groups in total. The second kappa shape index (κ2) is 9.28. The lowest BCUT2D eigenvalue weighted by Gasteiger charge is -2.49. The number of rotatable bonds is 8. The molecule has 3 heterocycles. The number of carboxylic acid groups (broad SMARTS) is 1. The maximum absolute atomic E-state index is 12.7. The molecule has 31 heavy (non-hydrogen) atoms. The molecule has 1 aromatic heterocycles. The van der Waals surface area contributed by atoms with Crippen molar-refractivity contribution >= 4 is 52.6 Å². The molecule has 1 aromatic carbocycles. The third-order valence-electron chi connectivity index (χ3n) is 4.56. The molecule has 1 saturated heterocycles. The van der Waals surface area contributed by atoms with Crippen molar-refractivity contribution in [2.24, 2.45) is 0 Å². The van der Waals surface area contributed by atoms with Crippen molar-refractivity contribution in [1.82, 2.24) is 20.4 Å². The molecule has 2 atom stereocenters. The average Bonchev–Trinajstić information content (AvgIpc) is 3.19. The molecule has 2 unspecified atom stereocenters. The third kappa shape index (κ3) is 4.70. The largest absolute Gasteiger partial charge is 0.484 e. The number of carboxylic acids is 1. The van der Waals surface area contributed by atoms with Gasteiger partial charge >= 0.3 is 5.97 Å². The van der Waals surface area contributed by atoms with Crippen LogP contribution in [-0.2, 0) is 14.4 Å².